The van der Waals surface area contributed by atoms with Crippen molar-refractivity contribution in [3.8, 4) is 5.69 Å². The van der Waals surface area contributed by atoms with E-state index in [2.05, 4.69) is 16.4 Å². The molecule has 1 aliphatic rings. The highest BCUT2D eigenvalue weighted by atomic mass is 16.5. The lowest BCUT2D eigenvalue weighted by atomic mass is 10.1. The Kier molecular flexibility index (Phi) is 5.71. The highest BCUT2D eigenvalue weighted by molar-refractivity contribution is 5.74. The average molecular weight is 342 g/mol. The highest BCUT2D eigenvalue weighted by Crippen LogP contribution is 2.18. The summed E-state index contributed by atoms with van der Waals surface area (Å²) >= 11 is 0. The van der Waals surface area contributed by atoms with Crippen LogP contribution in [0.25, 0.3) is 5.69 Å². The molecule has 6 nitrogen and oxygen atoms in total. The van der Waals surface area contributed by atoms with Crippen molar-refractivity contribution in [1.29, 1.82) is 0 Å². The second kappa shape index (κ2) is 8.16. The number of carbonyl (C=O) groups is 1. The molecule has 1 aromatic carbocycles. The van der Waals surface area contributed by atoms with E-state index in [1.807, 2.05) is 47.7 Å². The van der Waals surface area contributed by atoms with Gasteiger partial charge in [0.2, 0.25) is 0 Å². The molecule has 1 aromatic heterocycles. The Hall–Kier alpha value is -2.34. The molecule has 2 heterocycles. The van der Waals surface area contributed by atoms with E-state index in [4.69, 9.17) is 4.74 Å². The summed E-state index contributed by atoms with van der Waals surface area (Å²) in [6.45, 7) is 6.14. The maximum Gasteiger partial charge on any atom is 0.317 e. The molecule has 134 valence electrons. The minimum Gasteiger partial charge on any atom is -0.376 e. The molecule has 1 N–H and O–H groups in total. The van der Waals surface area contributed by atoms with Crippen LogP contribution in [0.15, 0.2) is 43.0 Å². The first-order chi connectivity index (χ1) is 12.2. The van der Waals surface area contributed by atoms with Crippen molar-refractivity contribution in [1.82, 2.24) is 19.8 Å². The smallest absolute Gasteiger partial charge is 0.317 e. The molecule has 1 fully saturated rings. The van der Waals surface area contributed by atoms with Crippen molar-refractivity contribution in [3.05, 3.63) is 48.5 Å². The second-order valence-corrected chi connectivity index (χ2v) is 6.41. The number of imidazole rings is 1. The van der Waals surface area contributed by atoms with Crippen molar-refractivity contribution >= 4 is 6.03 Å². The quantitative estimate of drug-likeness (QED) is 0.877. The summed E-state index contributed by atoms with van der Waals surface area (Å²) < 4.78 is 7.60. The molecule has 0 unspecified atom stereocenters. The molecule has 1 saturated heterocycles. The van der Waals surface area contributed by atoms with Crippen molar-refractivity contribution in [2.75, 3.05) is 19.7 Å². The zero-order valence-corrected chi connectivity index (χ0v) is 14.9. The van der Waals surface area contributed by atoms with Gasteiger partial charge < -0.3 is 19.5 Å². The normalized spacial score (nSPS) is 18.1. The predicted octanol–water partition coefficient (Wildman–Crippen LogP) is 3.14. The molecule has 0 aliphatic carbocycles. The van der Waals surface area contributed by atoms with Crippen molar-refractivity contribution in [2.45, 2.75) is 38.8 Å². The van der Waals surface area contributed by atoms with Gasteiger partial charge in [-0.3, -0.25) is 0 Å². The minimum atomic E-state index is -0.0745. The van der Waals surface area contributed by atoms with E-state index in [0.29, 0.717) is 13.1 Å². The fourth-order valence-electron chi connectivity index (χ4n) is 3.12. The number of nitrogens with zero attached hydrogens (tertiary/aromatic N) is 3. The summed E-state index contributed by atoms with van der Waals surface area (Å²) in [6, 6.07) is 8.00. The van der Waals surface area contributed by atoms with E-state index in [-0.39, 0.29) is 18.2 Å². The largest absolute Gasteiger partial charge is 0.376 e. The van der Waals surface area contributed by atoms with E-state index < -0.39 is 0 Å². The van der Waals surface area contributed by atoms with Crippen molar-refractivity contribution in [2.24, 2.45) is 0 Å². The van der Waals surface area contributed by atoms with Gasteiger partial charge in [0.15, 0.2) is 0 Å². The van der Waals surface area contributed by atoms with Crippen LogP contribution in [0.2, 0.25) is 0 Å². The fourth-order valence-corrected chi connectivity index (χ4v) is 3.12. The van der Waals surface area contributed by atoms with Gasteiger partial charge >= 0.3 is 6.03 Å². The van der Waals surface area contributed by atoms with Gasteiger partial charge in [0.25, 0.3) is 0 Å². The van der Waals surface area contributed by atoms with Gasteiger partial charge in [-0.25, -0.2) is 9.78 Å². The Labute approximate surface area is 148 Å². The number of nitrogens with one attached hydrogen (secondary N) is 1. The summed E-state index contributed by atoms with van der Waals surface area (Å²) in [5, 5.41) is 3.10. The van der Waals surface area contributed by atoms with E-state index in [1.165, 1.54) is 0 Å². The molecule has 25 heavy (non-hydrogen) atoms. The van der Waals surface area contributed by atoms with Crippen LogP contribution in [0.3, 0.4) is 0 Å². The first kappa shape index (κ1) is 17.5. The maximum absolute atomic E-state index is 12.6. The summed E-state index contributed by atoms with van der Waals surface area (Å²) in [5.41, 5.74) is 2.09. The summed E-state index contributed by atoms with van der Waals surface area (Å²) in [7, 11) is 0. The van der Waals surface area contributed by atoms with Gasteiger partial charge in [-0.2, -0.15) is 0 Å². The van der Waals surface area contributed by atoms with Crippen LogP contribution in [0.5, 0.6) is 0 Å². The standard InChI is InChI=1S/C19H26N4O2/c1-3-22(13-18-8-5-11-25-18)19(24)21-15(2)16-6-4-7-17(12-16)23-10-9-20-14-23/h4,6-7,9-10,12,14-15,18H,3,5,8,11,13H2,1-2H3,(H,21,24)/t15-,18+/m1/s1. The van der Waals surface area contributed by atoms with Crippen LogP contribution in [0, 0.1) is 0 Å². The molecule has 1 aliphatic heterocycles. The summed E-state index contributed by atoms with van der Waals surface area (Å²) in [4.78, 5) is 18.5. The first-order valence-corrected chi connectivity index (χ1v) is 8.92. The van der Waals surface area contributed by atoms with Gasteiger partial charge in [-0.15, -0.1) is 0 Å². The SMILES string of the molecule is CCN(C[C@@H]1CCCO1)C(=O)N[C@H](C)c1cccc(-n2ccnc2)c1. The number of amides is 2. The number of likely N-dealkylation sites (N-methyl/N-ethyl adjacent to an activating group) is 1. The maximum atomic E-state index is 12.6. The molecule has 2 aromatic rings. The molecule has 0 radical (unpaired) electrons. The van der Waals surface area contributed by atoms with E-state index in [0.717, 1.165) is 30.7 Å². The minimum absolute atomic E-state index is 0.0430. The number of benzene rings is 1. The third-order valence-corrected chi connectivity index (χ3v) is 4.63. The fraction of sp³-hybridized carbons (Fsp3) is 0.474. The van der Waals surface area contributed by atoms with Crippen molar-refractivity contribution in [3.63, 3.8) is 0 Å². The number of urea groups is 1. The summed E-state index contributed by atoms with van der Waals surface area (Å²) in [6.07, 6.45) is 7.71. The topological polar surface area (TPSA) is 59.4 Å². The monoisotopic (exact) mass is 342 g/mol. The zero-order chi connectivity index (χ0) is 17.6. The first-order valence-electron chi connectivity index (χ1n) is 8.92. The lowest BCUT2D eigenvalue weighted by Crippen LogP contribution is -2.44. The predicted molar refractivity (Wildman–Crippen MR) is 96.7 cm³/mol. The van der Waals surface area contributed by atoms with Crippen LogP contribution in [0.1, 0.15) is 38.3 Å². The molecule has 0 saturated carbocycles. The number of ether oxygens (including phenoxy) is 1. The van der Waals surface area contributed by atoms with Crippen LogP contribution in [-0.4, -0.2) is 46.3 Å². The molecule has 2 amide bonds. The van der Waals surface area contributed by atoms with Crippen LogP contribution >= 0.6 is 0 Å². The van der Waals surface area contributed by atoms with E-state index >= 15 is 0 Å². The molecule has 6 heteroatoms. The van der Waals surface area contributed by atoms with Gasteiger partial charge in [-0.1, -0.05) is 12.1 Å². The Morgan fingerprint density at radius 3 is 3.08 bits per heavy atom. The van der Waals surface area contributed by atoms with Gasteiger partial charge in [0, 0.05) is 37.8 Å². The van der Waals surface area contributed by atoms with Crippen LogP contribution < -0.4 is 5.32 Å². The number of rotatable bonds is 6. The lowest BCUT2D eigenvalue weighted by Gasteiger charge is -2.26. The molecule has 0 spiro atoms. The van der Waals surface area contributed by atoms with Crippen molar-refractivity contribution < 1.29 is 9.53 Å². The third-order valence-electron chi connectivity index (χ3n) is 4.63. The van der Waals surface area contributed by atoms with Gasteiger partial charge in [0.1, 0.15) is 0 Å². The highest BCUT2D eigenvalue weighted by Gasteiger charge is 2.22. The van der Waals surface area contributed by atoms with Gasteiger partial charge in [0.05, 0.1) is 18.5 Å². The third kappa shape index (κ3) is 4.39. The molecule has 0 bridgehead atoms. The Morgan fingerprint density at radius 2 is 2.40 bits per heavy atom. The Bertz CT molecular complexity index is 680. The number of carbonyl (C=O) groups excluding carboxylic acids is 1. The Balaban J connectivity index is 1.63. The average Bonchev–Trinajstić information content (AvgIpc) is 3.33. The lowest BCUT2D eigenvalue weighted by molar-refractivity contribution is 0.0822. The number of hydrogen-bond donors (Lipinski definition) is 1. The van der Waals surface area contributed by atoms with Crippen LogP contribution in [-0.2, 0) is 4.74 Å². The van der Waals surface area contributed by atoms with Crippen LogP contribution in [0.4, 0.5) is 4.79 Å². The number of aromatic nitrogens is 2. The molecule has 3 rings (SSSR count). The van der Waals surface area contributed by atoms with E-state index in [9.17, 15) is 4.79 Å². The zero-order valence-electron chi connectivity index (χ0n) is 14.9. The number of hydrogen-bond acceptors (Lipinski definition) is 3. The summed E-state index contributed by atoms with van der Waals surface area (Å²) in [5.74, 6) is 0. The molecular formula is C19H26N4O2. The molecule has 2 atom stereocenters. The van der Waals surface area contributed by atoms with E-state index in [1.54, 1.807) is 12.5 Å². The Morgan fingerprint density at radius 1 is 1.52 bits per heavy atom. The molecular weight excluding hydrogens is 316 g/mol. The van der Waals surface area contributed by atoms with Gasteiger partial charge in [-0.05, 0) is 44.4 Å². The second-order valence-electron chi connectivity index (χ2n) is 6.41.